The molecule has 1 N–H and O–H groups in total. The van der Waals surface area contributed by atoms with Crippen molar-refractivity contribution in [1.29, 1.82) is 0 Å². The molecule has 1 fully saturated rings. The number of hydrogen-bond donors (Lipinski definition) is 1. The van der Waals surface area contributed by atoms with Gasteiger partial charge in [0, 0.05) is 17.8 Å². The predicted molar refractivity (Wildman–Crippen MR) is 125 cm³/mol. The maximum atomic E-state index is 13.3. The van der Waals surface area contributed by atoms with Crippen LogP contribution in [0.25, 0.3) is 0 Å². The molecule has 7 nitrogen and oxygen atoms in total. The molecule has 1 amide bonds. The molecule has 1 aromatic heterocycles. The first-order chi connectivity index (χ1) is 16.4. The molecule has 3 aromatic rings. The summed E-state index contributed by atoms with van der Waals surface area (Å²) in [4.78, 5) is 13.3. The lowest BCUT2D eigenvalue weighted by molar-refractivity contribution is -0.125. The van der Waals surface area contributed by atoms with E-state index in [1.54, 1.807) is 0 Å². The third-order valence-corrected chi connectivity index (χ3v) is 8.60. The molecule has 2 atom stereocenters. The summed E-state index contributed by atoms with van der Waals surface area (Å²) < 4.78 is 42.8. The monoisotopic (exact) mass is 482 g/mol. The number of sulfonamides is 1. The van der Waals surface area contributed by atoms with Crippen molar-refractivity contribution in [3.05, 3.63) is 83.4 Å². The molecule has 0 bridgehead atoms. The summed E-state index contributed by atoms with van der Waals surface area (Å²) in [5.74, 6) is -0.799. The third kappa shape index (κ3) is 4.37. The van der Waals surface area contributed by atoms with E-state index in [4.69, 9.17) is 0 Å². The maximum Gasteiger partial charge on any atom is 0.243 e. The molecular formula is C25H27FN4O3S. The zero-order valence-electron chi connectivity index (χ0n) is 18.7. The van der Waals surface area contributed by atoms with Crippen molar-refractivity contribution >= 4 is 15.9 Å². The Labute approximate surface area is 198 Å². The molecule has 9 heteroatoms. The Morgan fingerprint density at radius 2 is 1.82 bits per heavy atom. The second-order valence-corrected chi connectivity index (χ2v) is 10.8. The zero-order valence-corrected chi connectivity index (χ0v) is 19.5. The van der Waals surface area contributed by atoms with E-state index < -0.39 is 21.9 Å². The summed E-state index contributed by atoms with van der Waals surface area (Å²) in [5.41, 5.74) is 3.27. The highest BCUT2D eigenvalue weighted by Gasteiger charge is 2.40. The van der Waals surface area contributed by atoms with Crippen molar-refractivity contribution in [1.82, 2.24) is 19.4 Å². The number of rotatable bonds is 6. The molecule has 1 saturated heterocycles. The minimum Gasteiger partial charge on any atom is -0.348 e. The van der Waals surface area contributed by atoms with E-state index in [0.717, 1.165) is 48.2 Å². The average Bonchev–Trinajstić information content (AvgIpc) is 3.49. The van der Waals surface area contributed by atoms with E-state index in [1.165, 1.54) is 16.4 Å². The SMILES string of the molecule is O=C(N[C@H]1CCCc2c1cnn2Cc1ccccc1)[C@@H]1CCCN1S(=O)(=O)c1ccc(F)cc1. The van der Waals surface area contributed by atoms with Gasteiger partial charge in [-0.1, -0.05) is 30.3 Å². The van der Waals surface area contributed by atoms with Crippen LogP contribution in [0, 0.1) is 5.82 Å². The standard InChI is InChI=1S/C25H27FN4O3S/c26-19-11-13-20(14-12-19)34(32,33)30-15-5-10-24(30)25(31)28-22-8-4-9-23-21(22)16-27-29(23)17-18-6-2-1-3-7-18/h1-3,6-7,11-14,16,22,24H,4-5,8-10,15,17H2,(H,28,31)/t22-,24-/m0/s1. The molecule has 2 aromatic carbocycles. The fourth-order valence-corrected chi connectivity index (χ4v) is 6.62. The first kappa shape index (κ1) is 22.7. The summed E-state index contributed by atoms with van der Waals surface area (Å²) >= 11 is 0. The van der Waals surface area contributed by atoms with Crippen LogP contribution in [0.5, 0.6) is 0 Å². The first-order valence-corrected chi connectivity index (χ1v) is 13.0. The number of aromatic nitrogens is 2. The Morgan fingerprint density at radius 1 is 1.06 bits per heavy atom. The van der Waals surface area contributed by atoms with Crippen LogP contribution in [-0.2, 0) is 27.8 Å². The molecular weight excluding hydrogens is 455 g/mol. The third-order valence-electron chi connectivity index (χ3n) is 6.68. The van der Waals surface area contributed by atoms with E-state index in [1.807, 2.05) is 29.1 Å². The van der Waals surface area contributed by atoms with Crippen LogP contribution < -0.4 is 5.32 Å². The van der Waals surface area contributed by atoms with Crippen molar-refractivity contribution < 1.29 is 17.6 Å². The predicted octanol–water partition coefficient (Wildman–Crippen LogP) is 3.42. The van der Waals surface area contributed by atoms with Gasteiger partial charge in [-0.25, -0.2) is 12.8 Å². The van der Waals surface area contributed by atoms with Gasteiger partial charge in [0.15, 0.2) is 0 Å². The highest BCUT2D eigenvalue weighted by Crippen LogP contribution is 2.32. The fourth-order valence-electron chi connectivity index (χ4n) is 4.96. The van der Waals surface area contributed by atoms with Gasteiger partial charge in [0.2, 0.25) is 15.9 Å². The highest BCUT2D eigenvalue weighted by molar-refractivity contribution is 7.89. The smallest absolute Gasteiger partial charge is 0.243 e. The quantitative estimate of drug-likeness (QED) is 0.584. The van der Waals surface area contributed by atoms with Gasteiger partial charge in [-0.3, -0.25) is 9.48 Å². The normalized spacial score (nSPS) is 20.7. The van der Waals surface area contributed by atoms with Gasteiger partial charge in [0.05, 0.1) is 23.7 Å². The lowest BCUT2D eigenvalue weighted by Gasteiger charge is -2.28. The van der Waals surface area contributed by atoms with Gasteiger partial charge in [0.1, 0.15) is 11.9 Å². The summed E-state index contributed by atoms with van der Waals surface area (Å²) in [6.07, 6.45) is 5.48. The van der Waals surface area contributed by atoms with Gasteiger partial charge in [0.25, 0.3) is 0 Å². The first-order valence-electron chi connectivity index (χ1n) is 11.6. The second kappa shape index (κ2) is 9.31. The molecule has 178 valence electrons. The van der Waals surface area contributed by atoms with Crippen LogP contribution in [0.1, 0.15) is 48.5 Å². The average molecular weight is 483 g/mol. The Balaban J connectivity index is 1.32. The van der Waals surface area contributed by atoms with E-state index in [9.17, 15) is 17.6 Å². The Bertz CT molecular complexity index is 1280. The van der Waals surface area contributed by atoms with Crippen molar-refractivity contribution in [2.45, 2.75) is 55.6 Å². The Hall–Kier alpha value is -3.04. The minimum absolute atomic E-state index is 0.00394. The topological polar surface area (TPSA) is 84.3 Å². The molecule has 2 aliphatic rings. The summed E-state index contributed by atoms with van der Waals surface area (Å²) in [6, 6.07) is 13.9. The Morgan fingerprint density at radius 3 is 2.59 bits per heavy atom. The van der Waals surface area contributed by atoms with Gasteiger partial charge in [-0.15, -0.1) is 0 Å². The highest BCUT2D eigenvalue weighted by atomic mass is 32.2. The van der Waals surface area contributed by atoms with Crippen LogP contribution in [0.3, 0.4) is 0 Å². The second-order valence-electron chi connectivity index (χ2n) is 8.87. The summed E-state index contributed by atoms with van der Waals surface area (Å²) in [5, 5.41) is 7.68. The lowest BCUT2D eigenvalue weighted by atomic mass is 9.92. The van der Waals surface area contributed by atoms with Gasteiger partial charge in [-0.05, 0) is 61.9 Å². The van der Waals surface area contributed by atoms with Crippen molar-refractivity contribution in [3.8, 4) is 0 Å². The number of carbonyl (C=O) groups excluding carboxylic acids is 1. The lowest BCUT2D eigenvalue weighted by Crippen LogP contribution is -2.47. The number of amides is 1. The number of hydrogen-bond acceptors (Lipinski definition) is 4. The number of benzene rings is 2. The van der Waals surface area contributed by atoms with Crippen LogP contribution >= 0.6 is 0 Å². The molecule has 34 heavy (non-hydrogen) atoms. The molecule has 0 saturated carbocycles. The minimum atomic E-state index is -3.89. The van der Waals surface area contributed by atoms with Crippen LogP contribution in [0.4, 0.5) is 4.39 Å². The zero-order chi connectivity index (χ0) is 23.7. The summed E-state index contributed by atoms with van der Waals surface area (Å²) in [6.45, 7) is 0.936. The van der Waals surface area contributed by atoms with Crippen LogP contribution in [0.2, 0.25) is 0 Å². The Kier molecular flexibility index (Phi) is 6.22. The molecule has 0 radical (unpaired) electrons. The molecule has 2 heterocycles. The van der Waals surface area contributed by atoms with Crippen molar-refractivity contribution in [3.63, 3.8) is 0 Å². The number of nitrogens with one attached hydrogen (secondary N) is 1. The number of carbonyl (C=O) groups is 1. The molecule has 1 aliphatic carbocycles. The number of nitrogens with zero attached hydrogens (tertiary/aromatic N) is 3. The van der Waals surface area contributed by atoms with E-state index >= 15 is 0 Å². The van der Waals surface area contributed by atoms with E-state index in [0.29, 0.717) is 19.4 Å². The summed E-state index contributed by atoms with van der Waals surface area (Å²) in [7, 11) is -3.89. The van der Waals surface area contributed by atoms with Gasteiger partial charge < -0.3 is 5.32 Å². The van der Waals surface area contributed by atoms with E-state index in [2.05, 4.69) is 22.5 Å². The fraction of sp³-hybridized carbons (Fsp3) is 0.360. The maximum absolute atomic E-state index is 13.3. The number of halogens is 1. The van der Waals surface area contributed by atoms with Crippen LogP contribution in [0.15, 0.2) is 65.7 Å². The number of fused-ring (bicyclic) bond motifs is 1. The molecule has 0 unspecified atom stereocenters. The van der Waals surface area contributed by atoms with Gasteiger partial charge >= 0.3 is 0 Å². The largest absolute Gasteiger partial charge is 0.348 e. The van der Waals surface area contributed by atoms with Gasteiger partial charge in [-0.2, -0.15) is 9.40 Å². The van der Waals surface area contributed by atoms with Crippen molar-refractivity contribution in [2.24, 2.45) is 0 Å². The van der Waals surface area contributed by atoms with E-state index in [-0.39, 0.29) is 23.4 Å². The molecule has 5 rings (SSSR count). The van der Waals surface area contributed by atoms with Crippen LogP contribution in [-0.4, -0.2) is 41.0 Å². The van der Waals surface area contributed by atoms with Crippen molar-refractivity contribution in [2.75, 3.05) is 6.54 Å². The molecule has 1 aliphatic heterocycles. The molecule has 0 spiro atoms.